The van der Waals surface area contributed by atoms with Gasteiger partial charge in [-0.2, -0.15) is 4.52 Å². The Morgan fingerprint density at radius 3 is 2.67 bits per heavy atom. The molecule has 2 aromatic carbocycles. The highest BCUT2D eigenvalue weighted by atomic mass is 16.5. The first-order chi connectivity index (χ1) is 14.7. The third kappa shape index (κ3) is 3.26. The van der Waals surface area contributed by atoms with Gasteiger partial charge in [0.2, 0.25) is 5.65 Å². The maximum Gasteiger partial charge on any atom is 0.324 e. The minimum atomic E-state index is -0.0357. The van der Waals surface area contributed by atoms with Gasteiger partial charge in [-0.1, -0.05) is 12.1 Å². The molecule has 152 valence electrons. The van der Waals surface area contributed by atoms with E-state index in [-0.39, 0.29) is 6.03 Å². The molecule has 0 atom stereocenters. The Kier molecular flexibility index (Phi) is 4.60. The second-order valence-corrected chi connectivity index (χ2v) is 6.98. The van der Waals surface area contributed by atoms with E-state index in [1.165, 1.54) is 0 Å². The summed E-state index contributed by atoms with van der Waals surface area (Å²) in [5, 5.41) is 15.2. The third-order valence-electron chi connectivity index (χ3n) is 5.11. The van der Waals surface area contributed by atoms with Crippen molar-refractivity contribution in [1.82, 2.24) is 29.9 Å². The number of carbonyl (C=O) groups is 1. The molecule has 0 unspecified atom stereocenters. The highest BCUT2D eigenvalue weighted by Gasteiger charge is 2.21. The molecule has 2 aromatic heterocycles. The van der Waals surface area contributed by atoms with Crippen LogP contribution in [0.2, 0.25) is 0 Å². The maximum absolute atomic E-state index is 12.7. The number of hydrogen-bond donors (Lipinski definition) is 1. The van der Waals surface area contributed by atoms with Crippen molar-refractivity contribution in [1.29, 1.82) is 0 Å². The van der Waals surface area contributed by atoms with Crippen LogP contribution in [0.1, 0.15) is 0 Å². The maximum atomic E-state index is 12.7. The van der Waals surface area contributed by atoms with Gasteiger partial charge in [0.05, 0.1) is 24.2 Å². The quantitative estimate of drug-likeness (QED) is 0.559. The SMILES string of the molecule is CN(C(=O)N1CCOCC1)c1ccc(Nc2nc3ccccc3n3nnnc23)cc1. The summed E-state index contributed by atoms with van der Waals surface area (Å²) in [7, 11) is 1.77. The monoisotopic (exact) mass is 404 g/mol. The Morgan fingerprint density at radius 1 is 1.10 bits per heavy atom. The molecule has 1 saturated heterocycles. The first-order valence-electron chi connectivity index (χ1n) is 9.65. The van der Waals surface area contributed by atoms with Gasteiger partial charge in [0.1, 0.15) is 0 Å². The number of fused-ring (bicyclic) bond motifs is 3. The first-order valence-corrected chi connectivity index (χ1v) is 9.65. The molecule has 4 aromatic rings. The smallest absolute Gasteiger partial charge is 0.324 e. The predicted molar refractivity (Wildman–Crippen MR) is 112 cm³/mol. The van der Waals surface area contributed by atoms with Gasteiger partial charge in [0, 0.05) is 31.5 Å². The molecule has 5 rings (SSSR count). The lowest BCUT2D eigenvalue weighted by molar-refractivity contribution is 0.0551. The van der Waals surface area contributed by atoms with Crippen molar-refractivity contribution in [3.63, 3.8) is 0 Å². The summed E-state index contributed by atoms with van der Waals surface area (Å²) in [5.74, 6) is 0.559. The van der Waals surface area contributed by atoms with E-state index < -0.39 is 0 Å². The number of ether oxygens (including phenoxy) is 1. The molecule has 1 N–H and O–H groups in total. The van der Waals surface area contributed by atoms with Crippen LogP contribution in [-0.4, -0.2) is 69.3 Å². The van der Waals surface area contributed by atoms with Crippen LogP contribution >= 0.6 is 0 Å². The fourth-order valence-corrected chi connectivity index (χ4v) is 3.47. The molecule has 30 heavy (non-hydrogen) atoms. The van der Waals surface area contributed by atoms with E-state index >= 15 is 0 Å². The average Bonchev–Trinajstić information content (AvgIpc) is 3.30. The molecule has 0 spiro atoms. The number of rotatable bonds is 3. The van der Waals surface area contributed by atoms with E-state index in [1.54, 1.807) is 21.4 Å². The molecule has 0 bridgehead atoms. The Hall–Kier alpha value is -3.79. The second-order valence-electron chi connectivity index (χ2n) is 6.98. The van der Waals surface area contributed by atoms with Gasteiger partial charge in [-0.3, -0.25) is 4.90 Å². The van der Waals surface area contributed by atoms with Crippen molar-refractivity contribution in [3.05, 3.63) is 48.5 Å². The number of hydrogen-bond acceptors (Lipinski definition) is 7. The Bertz CT molecular complexity index is 1200. The zero-order valence-corrected chi connectivity index (χ0v) is 16.4. The number of amides is 2. The summed E-state index contributed by atoms with van der Waals surface area (Å²) in [6, 6.07) is 15.2. The van der Waals surface area contributed by atoms with E-state index in [1.807, 2.05) is 48.5 Å². The number of carbonyl (C=O) groups excluding carboxylic acids is 1. The average molecular weight is 404 g/mol. The minimum absolute atomic E-state index is 0.0357. The van der Waals surface area contributed by atoms with E-state index in [4.69, 9.17) is 4.74 Å². The number of nitrogens with one attached hydrogen (secondary N) is 1. The van der Waals surface area contributed by atoms with Gasteiger partial charge in [-0.05, 0) is 46.8 Å². The molecule has 1 fully saturated rings. The predicted octanol–water partition coefficient (Wildman–Crippen LogP) is 2.30. The molecule has 2 amide bonds. The number of benzene rings is 2. The lowest BCUT2D eigenvalue weighted by atomic mass is 10.2. The third-order valence-corrected chi connectivity index (χ3v) is 5.11. The molecule has 1 aliphatic heterocycles. The first kappa shape index (κ1) is 18.3. The Morgan fingerprint density at radius 2 is 1.87 bits per heavy atom. The highest BCUT2D eigenvalue weighted by Crippen LogP contribution is 2.24. The lowest BCUT2D eigenvalue weighted by Gasteiger charge is -2.31. The Labute approximate surface area is 172 Å². The normalized spacial score (nSPS) is 14.2. The van der Waals surface area contributed by atoms with Crippen molar-refractivity contribution in [2.24, 2.45) is 0 Å². The molecule has 0 aliphatic carbocycles. The molecule has 3 heterocycles. The van der Waals surface area contributed by atoms with Crippen LogP contribution in [0.4, 0.5) is 22.0 Å². The molecular weight excluding hydrogens is 384 g/mol. The fourth-order valence-electron chi connectivity index (χ4n) is 3.47. The summed E-state index contributed by atoms with van der Waals surface area (Å²) in [6.07, 6.45) is 0. The van der Waals surface area contributed by atoms with Gasteiger partial charge in [-0.25, -0.2) is 9.78 Å². The van der Waals surface area contributed by atoms with Crippen molar-refractivity contribution in [2.45, 2.75) is 0 Å². The Balaban J connectivity index is 1.38. The van der Waals surface area contributed by atoms with E-state index in [0.29, 0.717) is 37.8 Å². The van der Waals surface area contributed by atoms with Gasteiger partial charge in [-0.15, -0.1) is 5.10 Å². The summed E-state index contributed by atoms with van der Waals surface area (Å²) in [4.78, 5) is 20.8. The molecule has 10 heteroatoms. The van der Waals surface area contributed by atoms with Crippen LogP contribution in [-0.2, 0) is 4.74 Å². The van der Waals surface area contributed by atoms with Gasteiger partial charge in [0.25, 0.3) is 0 Å². The van der Waals surface area contributed by atoms with Gasteiger partial charge in [0.15, 0.2) is 5.82 Å². The van der Waals surface area contributed by atoms with Crippen LogP contribution in [0.5, 0.6) is 0 Å². The van der Waals surface area contributed by atoms with Crippen molar-refractivity contribution < 1.29 is 9.53 Å². The number of tetrazole rings is 1. The van der Waals surface area contributed by atoms with E-state index in [2.05, 4.69) is 25.8 Å². The van der Waals surface area contributed by atoms with Crippen LogP contribution in [0, 0.1) is 0 Å². The number of anilines is 3. The van der Waals surface area contributed by atoms with E-state index in [9.17, 15) is 4.79 Å². The van der Waals surface area contributed by atoms with Crippen LogP contribution in [0.15, 0.2) is 48.5 Å². The number of morpholine rings is 1. The number of urea groups is 1. The van der Waals surface area contributed by atoms with Gasteiger partial charge >= 0.3 is 6.03 Å². The molecule has 10 nitrogen and oxygen atoms in total. The highest BCUT2D eigenvalue weighted by molar-refractivity contribution is 5.92. The van der Waals surface area contributed by atoms with Crippen LogP contribution in [0.3, 0.4) is 0 Å². The zero-order valence-electron chi connectivity index (χ0n) is 16.4. The van der Waals surface area contributed by atoms with Crippen LogP contribution < -0.4 is 10.2 Å². The zero-order chi connectivity index (χ0) is 20.5. The largest absolute Gasteiger partial charge is 0.378 e. The molecule has 0 saturated carbocycles. The standard InChI is InChI=1S/C20H20N8O2/c1-26(20(29)27-10-12-30-13-11-27)15-8-6-14(7-9-15)21-18-19-23-24-25-28(19)17-5-3-2-4-16(17)22-18/h2-9H,10-13H2,1H3,(H,21,22). The number of para-hydroxylation sites is 2. The lowest BCUT2D eigenvalue weighted by Crippen LogP contribution is -2.47. The fraction of sp³-hybridized carbons (Fsp3) is 0.250. The minimum Gasteiger partial charge on any atom is -0.378 e. The van der Waals surface area contributed by atoms with E-state index in [0.717, 1.165) is 22.4 Å². The molecule has 0 radical (unpaired) electrons. The summed E-state index contributed by atoms with van der Waals surface area (Å²) >= 11 is 0. The van der Waals surface area contributed by atoms with Gasteiger partial charge < -0.3 is 15.0 Å². The van der Waals surface area contributed by atoms with Crippen LogP contribution in [0.25, 0.3) is 16.7 Å². The summed E-state index contributed by atoms with van der Waals surface area (Å²) in [6.45, 7) is 2.37. The topological polar surface area (TPSA) is 101 Å². The van der Waals surface area contributed by atoms with Crippen molar-refractivity contribution in [3.8, 4) is 0 Å². The molecular formula is C20H20N8O2. The molecule has 1 aliphatic rings. The van der Waals surface area contributed by atoms with Crippen molar-refractivity contribution in [2.75, 3.05) is 43.6 Å². The van der Waals surface area contributed by atoms with Crippen molar-refractivity contribution >= 4 is 39.9 Å². The second kappa shape index (κ2) is 7.56. The summed E-state index contributed by atoms with van der Waals surface area (Å²) in [5.41, 5.74) is 3.78. The summed E-state index contributed by atoms with van der Waals surface area (Å²) < 4.78 is 6.98. The number of nitrogens with zero attached hydrogens (tertiary/aromatic N) is 7. The number of aromatic nitrogens is 5.